The first kappa shape index (κ1) is 14.9. The molecule has 20 heavy (non-hydrogen) atoms. The maximum Gasteiger partial charge on any atom is 0.303 e. The Balaban J connectivity index is 1.80. The van der Waals surface area contributed by atoms with Gasteiger partial charge in [0.15, 0.2) is 5.13 Å². The summed E-state index contributed by atoms with van der Waals surface area (Å²) in [6.07, 6.45) is 2.23. The highest BCUT2D eigenvalue weighted by atomic mass is 32.1. The van der Waals surface area contributed by atoms with E-state index in [-0.39, 0.29) is 18.2 Å². The molecule has 0 bridgehead atoms. The smallest absolute Gasteiger partial charge is 0.303 e. The Bertz CT molecular complexity index is 489. The van der Waals surface area contributed by atoms with E-state index >= 15 is 0 Å². The van der Waals surface area contributed by atoms with Gasteiger partial charge in [-0.2, -0.15) is 0 Å². The third kappa shape index (κ3) is 4.28. The van der Waals surface area contributed by atoms with Gasteiger partial charge in [0.1, 0.15) is 0 Å². The predicted molar refractivity (Wildman–Crippen MR) is 76.9 cm³/mol. The topological polar surface area (TPSA) is 82.5 Å². The number of aryl methyl sites for hydroxylation is 1. The number of nitrogens with zero attached hydrogens (tertiary/aromatic N) is 2. The minimum Gasteiger partial charge on any atom is -0.481 e. The fraction of sp³-hybridized carbons (Fsp3) is 0.615. The molecule has 0 aliphatic carbocycles. The Kier molecular flexibility index (Phi) is 5.08. The molecule has 1 unspecified atom stereocenters. The van der Waals surface area contributed by atoms with Gasteiger partial charge in [0, 0.05) is 18.3 Å². The molecule has 0 radical (unpaired) electrons. The van der Waals surface area contributed by atoms with Gasteiger partial charge in [-0.3, -0.25) is 9.59 Å². The van der Waals surface area contributed by atoms with Gasteiger partial charge in [-0.05, 0) is 32.9 Å². The molecular weight excluding hydrogens is 278 g/mol. The number of rotatable bonds is 6. The Hall–Kier alpha value is -1.47. The highest BCUT2D eigenvalue weighted by Crippen LogP contribution is 2.20. The van der Waals surface area contributed by atoms with Gasteiger partial charge in [-0.15, -0.1) is 11.3 Å². The first-order valence-electron chi connectivity index (χ1n) is 6.70. The van der Waals surface area contributed by atoms with Gasteiger partial charge >= 0.3 is 5.97 Å². The van der Waals surface area contributed by atoms with Crippen molar-refractivity contribution < 1.29 is 14.7 Å². The maximum atomic E-state index is 12.0. The highest BCUT2D eigenvalue weighted by molar-refractivity contribution is 7.13. The van der Waals surface area contributed by atoms with Crippen molar-refractivity contribution >= 4 is 28.3 Å². The summed E-state index contributed by atoms with van der Waals surface area (Å²) in [5.41, 5.74) is 0.843. The maximum absolute atomic E-state index is 12.0. The second-order valence-electron chi connectivity index (χ2n) is 5.13. The van der Waals surface area contributed by atoms with Gasteiger partial charge in [0.05, 0.1) is 11.6 Å². The number of amides is 1. The molecule has 0 spiro atoms. The van der Waals surface area contributed by atoms with Crippen molar-refractivity contribution in [1.82, 2.24) is 9.88 Å². The zero-order chi connectivity index (χ0) is 14.5. The molecule has 1 atom stereocenters. The fourth-order valence-corrected chi connectivity index (χ4v) is 3.00. The largest absolute Gasteiger partial charge is 0.481 e. The Morgan fingerprint density at radius 1 is 1.60 bits per heavy atom. The molecule has 1 aromatic rings. The first-order valence-corrected chi connectivity index (χ1v) is 7.58. The number of thiazole rings is 1. The van der Waals surface area contributed by atoms with Crippen LogP contribution in [0.15, 0.2) is 5.38 Å². The zero-order valence-electron chi connectivity index (χ0n) is 11.5. The number of carbonyl (C=O) groups is 2. The van der Waals surface area contributed by atoms with Gasteiger partial charge < -0.3 is 15.3 Å². The quantitative estimate of drug-likeness (QED) is 0.830. The standard InChI is InChI=1S/C13H19N3O3S/c1-16-6-5-9(7-16)12(19)15-13-14-10(8-20-13)3-2-4-11(17)18/h8-9H,2-7H2,1H3,(H,17,18)(H,14,15,19). The van der Waals surface area contributed by atoms with Crippen LogP contribution in [0.5, 0.6) is 0 Å². The van der Waals surface area contributed by atoms with Crippen LogP contribution in [0.2, 0.25) is 0 Å². The Morgan fingerprint density at radius 3 is 3.05 bits per heavy atom. The van der Waals surface area contributed by atoms with Crippen molar-refractivity contribution in [3.63, 3.8) is 0 Å². The minimum atomic E-state index is -0.792. The molecule has 1 aliphatic rings. The number of carboxylic acid groups (broad SMARTS) is 1. The van der Waals surface area contributed by atoms with Crippen LogP contribution >= 0.6 is 11.3 Å². The summed E-state index contributed by atoms with van der Waals surface area (Å²) in [6.45, 7) is 1.75. The van der Waals surface area contributed by atoms with Gasteiger partial charge in [0.2, 0.25) is 5.91 Å². The van der Waals surface area contributed by atoms with E-state index in [4.69, 9.17) is 5.11 Å². The number of aliphatic carboxylic acids is 1. The number of nitrogens with one attached hydrogen (secondary N) is 1. The summed E-state index contributed by atoms with van der Waals surface area (Å²) in [6, 6.07) is 0. The lowest BCUT2D eigenvalue weighted by Crippen LogP contribution is -2.25. The molecule has 2 N–H and O–H groups in total. The SMILES string of the molecule is CN1CCC(C(=O)Nc2nc(CCCC(=O)O)cs2)C1. The van der Waals surface area contributed by atoms with E-state index in [0.717, 1.165) is 25.2 Å². The number of hydrogen-bond acceptors (Lipinski definition) is 5. The van der Waals surface area contributed by atoms with Crippen molar-refractivity contribution in [1.29, 1.82) is 0 Å². The van der Waals surface area contributed by atoms with Crippen LogP contribution in [0.1, 0.15) is 25.0 Å². The van der Waals surface area contributed by atoms with Gasteiger partial charge in [0.25, 0.3) is 0 Å². The predicted octanol–water partition coefficient (Wildman–Crippen LogP) is 1.44. The third-order valence-corrected chi connectivity index (χ3v) is 4.17. The van der Waals surface area contributed by atoms with Crippen molar-refractivity contribution in [2.45, 2.75) is 25.7 Å². The third-order valence-electron chi connectivity index (χ3n) is 3.37. The summed E-state index contributed by atoms with van der Waals surface area (Å²) in [5.74, 6) is -0.723. The number of likely N-dealkylation sites (tertiary alicyclic amines) is 1. The molecule has 1 amide bonds. The molecule has 2 heterocycles. The summed E-state index contributed by atoms with van der Waals surface area (Å²) < 4.78 is 0. The Labute approximate surface area is 121 Å². The van der Waals surface area contributed by atoms with E-state index in [1.165, 1.54) is 11.3 Å². The van der Waals surface area contributed by atoms with Crippen molar-refractivity contribution in [2.75, 3.05) is 25.5 Å². The summed E-state index contributed by atoms with van der Waals surface area (Å²) in [4.78, 5) is 28.9. The lowest BCUT2D eigenvalue weighted by molar-refractivity contribution is -0.137. The lowest BCUT2D eigenvalue weighted by atomic mass is 10.1. The highest BCUT2D eigenvalue weighted by Gasteiger charge is 2.26. The van der Waals surface area contributed by atoms with Crippen LogP contribution in [-0.4, -0.2) is 47.0 Å². The second-order valence-corrected chi connectivity index (χ2v) is 5.99. The van der Waals surface area contributed by atoms with E-state index < -0.39 is 5.97 Å². The monoisotopic (exact) mass is 297 g/mol. The average Bonchev–Trinajstić information content (AvgIpc) is 2.98. The number of hydrogen-bond donors (Lipinski definition) is 2. The average molecular weight is 297 g/mol. The number of carboxylic acids is 1. The van der Waals surface area contributed by atoms with Crippen LogP contribution < -0.4 is 5.32 Å². The van der Waals surface area contributed by atoms with E-state index in [2.05, 4.69) is 15.2 Å². The molecule has 1 fully saturated rings. The molecule has 2 rings (SSSR count). The van der Waals surface area contributed by atoms with Crippen molar-refractivity contribution in [3.05, 3.63) is 11.1 Å². The lowest BCUT2D eigenvalue weighted by Gasteiger charge is -2.09. The molecule has 6 nitrogen and oxygen atoms in total. The number of carbonyl (C=O) groups excluding carboxylic acids is 1. The zero-order valence-corrected chi connectivity index (χ0v) is 12.3. The number of anilines is 1. The van der Waals surface area contributed by atoms with Gasteiger partial charge in [-0.1, -0.05) is 0 Å². The minimum absolute atomic E-state index is 0.0285. The molecule has 1 aliphatic heterocycles. The van der Waals surface area contributed by atoms with Crippen LogP contribution in [0.25, 0.3) is 0 Å². The van der Waals surface area contributed by atoms with Crippen LogP contribution in [0, 0.1) is 5.92 Å². The van der Waals surface area contributed by atoms with E-state index in [0.29, 0.717) is 18.0 Å². The number of aromatic nitrogens is 1. The summed E-state index contributed by atoms with van der Waals surface area (Å²) >= 11 is 1.39. The molecule has 110 valence electrons. The summed E-state index contributed by atoms with van der Waals surface area (Å²) in [5, 5.41) is 13.9. The molecule has 7 heteroatoms. The molecule has 1 aromatic heterocycles. The molecule has 0 aromatic carbocycles. The van der Waals surface area contributed by atoms with Crippen LogP contribution in [0.3, 0.4) is 0 Å². The first-order chi connectivity index (χ1) is 9.54. The van der Waals surface area contributed by atoms with E-state index in [1.54, 1.807) is 0 Å². The molecule has 0 saturated carbocycles. The molecular formula is C13H19N3O3S. The van der Waals surface area contributed by atoms with Crippen LogP contribution in [0.4, 0.5) is 5.13 Å². The van der Waals surface area contributed by atoms with Crippen molar-refractivity contribution in [3.8, 4) is 0 Å². The van der Waals surface area contributed by atoms with E-state index in [9.17, 15) is 9.59 Å². The van der Waals surface area contributed by atoms with Crippen LogP contribution in [-0.2, 0) is 16.0 Å². The fourth-order valence-electron chi connectivity index (χ4n) is 2.26. The Morgan fingerprint density at radius 2 is 2.40 bits per heavy atom. The molecule has 1 saturated heterocycles. The summed E-state index contributed by atoms with van der Waals surface area (Å²) in [7, 11) is 2.01. The van der Waals surface area contributed by atoms with Gasteiger partial charge in [-0.25, -0.2) is 4.98 Å². The second kappa shape index (κ2) is 6.81. The normalized spacial score (nSPS) is 19.1. The van der Waals surface area contributed by atoms with Crippen molar-refractivity contribution in [2.24, 2.45) is 5.92 Å². The van der Waals surface area contributed by atoms with E-state index in [1.807, 2.05) is 12.4 Å².